The molecule has 6 nitrogen and oxygen atoms in total. The minimum Gasteiger partial charge on any atom is -0.493 e. The van der Waals surface area contributed by atoms with Gasteiger partial charge in [0, 0.05) is 25.9 Å². The van der Waals surface area contributed by atoms with Crippen molar-refractivity contribution >= 4 is 11.8 Å². The van der Waals surface area contributed by atoms with Crippen molar-refractivity contribution in [3.8, 4) is 11.5 Å². The van der Waals surface area contributed by atoms with Crippen LogP contribution in [0.15, 0.2) is 48.5 Å². The Balaban J connectivity index is 1.78. The van der Waals surface area contributed by atoms with Crippen LogP contribution in [0, 0.1) is 5.92 Å². The zero-order chi connectivity index (χ0) is 21.7. The lowest BCUT2D eigenvalue weighted by molar-refractivity contribution is -0.134. The molecule has 0 aliphatic carbocycles. The second-order valence-corrected chi connectivity index (χ2v) is 7.81. The summed E-state index contributed by atoms with van der Waals surface area (Å²) in [6.07, 6.45) is 0.673. The summed E-state index contributed by atoms with van der Waals surface area (Å²) < 4.78 is 10.8. The van der Waals surface area contributed by atoms with E-state index in [-0.39, 0.29) is 29.7 Å². The number of nitrogens with zero attached hydrogens (tertiary/aromatic N) is 1. The molecule has 3 atom stereocenters. The average molecular weight is 411 g/mol. The fourth-order valence-corrected chi connectivity index (χ4v) is 4.05. The molecule has 1 aliphatic heterocycles. The number of carbonyl (C=O) groups excluding carboxylic acids is 2. The van der Waals surface area contributed by atoms with Gasteiger partial charge in [-0.3, -0.25) is 9.59 Å². The van der Waals surface area contributed by atoms with Crippen LogP contribution in [0.25, 0.3) is 0 Å². The minimum absolute atomic E-state index is 0.0194. The first kappa shape index (κ1) is 21.7. The average Bonchev–Trinajstić information content (AvgIpc) is 2.78. The molecule has 1 heterocycles. The van der Waals surface area contributed by atoms with Gasteiger partial charge in [-0.1, -0.05) is 36.4 Å². The summed E-state index contributed by atoms with van der Waals surface area (Å²) in [6, 6.07) is 15.6. The number of carbonyl (C=O) groups is 2. The number of ether oxygens (including phenoxy) is 2. The summed E-state index contributed by atoms with van der Waals surface area (Å²) in [6.45, 7) is 4.55. The predicted molar refractivity (Wildman–Crippen MR) is 116 cm³/mol. The molecule has 3 rings (SSSR count). The Morgan fingerprint density at radius 3 is 2.37 bits per heavy atom. The fourth-order valence-electron chi connectivity index (χ4n) is 4.05. The van der Waals surface area contributed by atoms with Crippen LogP contribution in [-0.4, -0.2) is 44.0 Å². The maximum Gasteiger partial charge on any atom is 0.225 e. The first-order chi connectivity index (χ1) is 14.4. The highest BCUT2D eigenvalue weighted by molar-refractivity contribution is 5.81. The number of hydrogen-bond acceptors (Lipinski definition) is 4. The lowest BCUT2D eigenvalue weighted by Crippen LogP contribution is -2.47. The third kappa shape index (κ3) is 4.93. The van der Waals surface area contributed by atoms with Crippen LogP contribution in [0.1, 0.15) is 43.4 Å². The molecule has 0 unspecified atom stereocenters. The van der Waals surface area contributed by atoms with Crippen molar-refractivity contribution in [2.75, 3.05) is 27.3 Å². The quantitative estimate of drug-likeness (QED) is 0.791. The fraction of sp³-hybridized carbons (Fsp3) is 0.417. The number of benzene rings is 2. The molecule has 1 aliphatic rings. The van der Waals surface area contributed by atoms with Crippen LogP contribution >= 0.6 is 0 Å². The van der Waals surface area contributed by atoms with E-state index in [1.54, 1.807) is 26.0 Å². The molecule has 0 saturated carbocycles. The van der Waals surface area contributed by atoms with Gasteiger partial charge in [0.25, 0.3) is 0 Å². The molecule has 0 aromatic heterocycles. The monoisotopic (exact) mass is 410 g/mol. The molecule has 0 bridgehead atoms. The van der Waals surface area contributed by atoms with Crippen molar-refractivity contribution in [3.63, 3.8) is 0 Å². The molecule has 2 aromatic rings. The van der Waals surface area contributed by atoms with E-state index in [1.165, 1.54) is 0 Å². The van der Waals surface area contributed by atoms with Gasteiger partial charge in [-0.2, -0.15) is 0 Å². The lowest BCUT2D eigenvalue weighted by atomic mass is 9.83. The zero-order valence-corrected chi connectivity index (χ0v) is 18.1. The van der Waals surface area contributed by atoms with Crippen molar-refractivity contribution < 1.29 is 19.1 Å². The van der Waals surface area contributed by atoms with Crippen LogP contribution in [0.4, 0.5) is 0 Å². The van der Waals surface area contributed by atoms with Crippen LogP contribution in [0.2, 0.25) is 0 Å². The van der Waals surface area contributed by atoms with Gasteiger partial charge in [0.2, 0.25) is 11.8 Å². The Hall–Kier alpha value is -3.02. The van der Waals surface area contributed by atoms with E-state index >= 15 is 0 Å². The van der Waals surface area contributed by atoms with Gasteiger partial charge >= 0.3 is 0 Å². The van der Waals surface area contributed by atoms with Gasteiger partial charge in [0.1, 0.15) is 0 Å². The van der Waals surface area contributed by atoms with Crippen LogP contribution in [-0.2, 0) is 9.59 Å². The highest BCUT2D eigenvalue weighted by atomic mass is 16.5. The van der Waals surface area contributed by atoms with E-state index in [0.717, 1.165) is 11.1 Å². The standard InChI is InChI=1S/C24H30N2O4/c1-16(18-8-6-5-7-9-18)25-24(28)21-12-20(14-26(15-21)17(2)27)19-10-11-22(29-3)23(13-19)30-4/h5-11,13,16,20-21H,12,14-15H2,1-4H3,(H,25,28)/t16-,20-,21-/m1/s1. The number of hydrogen-bond donors (Lipinski definition) is 1. The van der Waals surface area contributed by atoms with E-state index in [1.807, 2.05) is 55.5 Å². The number of rotatable bonds is 6. The van der Waals surface area contributed by atoms with E-state index < -0.39 is 0 Å². The molecular weight excluding hydrogens is 380 g/mol. The number of nitrogens with one attached hydrogen (secondary N) is 1. The van der Waals surface area contributed by atoms with Crippen LogP contribution < -0.4 is 14.8 Å². The summed E-state index contributed by atoms with van der Waals surface area (Å²) >= 11 is 0. The number of likely N-dealkylation sites (tertiary alicyclic amines) is 1. The molecule has 6 heteroatoms. The maximum absolute atomic E-state index is 13.1. The number of methoxy groups -OCH3 is 2. The van der Waals surface area contributed by atoms with Gasteiger partial charge in [-0.05, 0) is 36.6 Å². The van der Waals surface area contributed by atoms with Gasteiger partial charge in [-0.25, -0.2) is 0 Å². The van der Waals surface area contributed by atoms with E-state index in [4.69, 9.17) is 9.47 Å². The second kappa shape index (κ2) is 9.65. The lowest BCUT2D eigenvalue weighted by Gasteiger charge is -2.37. The Morgan fingerprint density at radius 2 is 1.73 bits per heavy atom. The smallest absolute Gasteiger partial charge is 0.225 e. The third-order valence-corrected chi connectivity index (χ3v) is 5.80. The van der Waals surface area contributed by atoms with Gasteiger partial charge in [-0.15, -0.1) is 0 Å². The van der Waals surface area contributed by atoms with Gasteiger partial charge in [0.05, 0.1) is 26.2 Å². The van der Waals surface area contributed by atoms with Crippen LogP contribution in [0.5, 0.6) is 11.5 Å². The molecule has 30 heavy (non-hydrogen) atoms. The van der Waals surface area contributed by atoms with Crippen molar-refractivity contribution in [1.29, 1.82) is 0 Å². The van der Waals surface area contributed by atoms with Crippen LogP contribution in [0.3, 0.4) is 0 Å². The SMILES string of the molecule is COc1ccc([C@@H]2C[C@@H](C(=O)N[C@H](C)c3ccccc3)CN(C(C)=O)C2)cc1OC. The zero-order valence-electron chi connectivity index (χ0n) is 18.1. The number of piperidine rings is 1. The summed E-state index contributed by atoms with van der Waals surface area (Å²) in [5.74, 6) is 1.04. The molecule has 0 radical (unpaired) electrons. The van der Waals surface area contributed by atoms with Crippen molar-refractivity contribution in [2.24, 2.45) is 5.92 Å². The normalized spacial score (nSPS) is 19.7. The van der Waals surface area contributed by atoms with Crippen molar-refractivity contribution in [1.82, 2.24) is 10.2 Å². The summed E-state index contributed by atoms with van der Waals surface area (Å²) in [7, 11) is 3.20. The van der Waals surface area contributed by atoms with Crippen molar-refractivity contribution in [3.05, 3.63) is 59.7 Å². The molecular formula is C24H30N2O4. The molecule has 160 valence electrons. The largest absolute Gasteiger partial charge is 0.493 e. The van der Waals surface area contributed by atoms with Gasteiger partial charge in [0.15, 0.2) is 11.5 Å². The first-order valence-electron chi connectivity index (χ1n) is 10.3. The van der Waals surface area contributed by atoms with E-state index in [0.29, 0.717) is 31.0 Å². The minimum atomic E-state index is -0.271. The Bertz CT molecular complexity index is 884. The van der Waals surface area contributed by atoms with Crippen molar-refractivity contribution in [2.45, 2.75) is 32.2 Å². The summed E-state index contributed by atoms with van der Waals surface area (Å²) in [4.78, 5) is 27.0. The highest BCUT2D eigenvalue weighted by Crippen LogP contribution is 2.36. The molecule has 1 N–H and O–H groups in total. The molecule has 2 aromatic carbocycles. The number of amides is 2. The molecule has 2 amide bonds. The van der Waals surface area contributed by atoms with E-state index in [9.17, 15) is 9.59 Å². The maximum atomic E-state index is 13.1. The summed E-state index contributed by atoms with van der Waals surface area (Å²) in [5, 5.41) is 3.12. The van der Waals surface area contributed by atoms with Gasteiger partial charge < -0.3 is 19.7 Å². The van der Waals surface area contributed by atoms with E-state index in [2.05, 4.69) is 5.32 Å². The Morgan fingerprint density at radius 1 is 1.03 bits per heavy atom. The molecule has 0 spiro atoms. The molecule has 1 fully saturated rings. The Labute approximate surface area is 178 Å². The first-order valence-corrected chi connectivity index (χ1v) is 10.3. The highest BCUT2D eigenvalue weighted by Gasteiger charge is 2.34. The molecule has 1 saturated heterocycles. The Kier molecular flexibility index (Phi) is 6.98. The predicted octanol–water partition coefficient (Wildman–Crippen LogP) is 3.53. The third-order valence-electron chi connectivity index (χ3n) is 5.80. The second-order valence-electron chi connectivity index (χ2n) is 7.81. The summed E-state index contributed by atoms with van der Waals surface area (Å²) in [5.41, 5.74) is 2.09. The topological polar surface area (TPSA) is 67.9 Å².